The average molecular weight is 269 g/mol. The first kappa shape index (κ1) is 8.22. The maximum absolute atomic E-state index is 5.43. The van der Waals surface area contributed by atoms with Gasteiger partial charge in [-0.2, -0.15) is 0 Å². The highest BCUT2D eigenvalue weighted by atomic mass is 127. The smallest absolute Gasteiger partial charge is 0.121 e. The zero-order valence-electron chi connectivity index (χ0n) is 6.33. The Morgan fingerprint density at radius 3 is 2.73 bits per heavy atom. The summed E-state index contributed by atoms with van der Waals surface area (Å²) in [5, 5.41) is 0. The number of halogens is 1. The van der Waals surface area contributed by atoms with Crippen molar-refractivity contribution < 1.29 is 9.47 Å². The van der Waals surface area contributed by atoms with Gasteiger partial charge in [-0.25, -0.2) is 0 Å². The summed E-state index contributed by atoms with van der Waals surface area (Å²) in [6.45, 7) is 4.86. The molecule has 2 saturated heterocycles. The summed E-state index contributed by atoms with van der Waals surface area (Å²) in [4.78, 5) is 2.46. The molecule has 0 saturated carbocycles. The topological polar surface area (TPSA) is 21.7 Å². The number of nitrogens with zero attached hydrogens (tertiary/aromatic N) is 1. The summed E-state index contributed by atoms with van der Waals surface area (Å²) < 4.78 is 10.9. The Hall–Kier alpha value is 0.610. The maximum atomic E-state index is 5.43. The lowest BCUT2D eigenvalue weighted by Crippen LogP contribution is -2.54. The van der Waals surface area contributed by atoms with Crippen LogP contribution < -0.4 is 0 Å². The Bertz CT molecular complexity index is 140. The van der Waals surface area contributed by atoms with Crippen LogP contribution in [0.25, 0.3) is 0 Å². The number of alkyl halides is 1. The Morgan fingerprint density at radius 2 is 2.18 bits per heavy atom. The van der Waals surface area contributed by atoms with Crippen molar-refractivity contribution in [1.82, 2.24) is 4.90 Å². The first-order valence-electron chi connectivity index (χ1n) is 3.94. The SMILES string of the molecule is IC1CN(C2COC2)CCO1. The minimum atomic E-state index is 0.377. The van der Waals surface area contributed by atoms with Crippen molar-refractivity contribution in [3.8, 4) is 0 Å². The molecule has 1 unspecified atom stereocenters. The summed E-state index contributed by atoms with van der Waals surface area (Å²) >= 11 is 2.34. The second-order valence-corrected chi connectivity index (χ2v) is 4.36. The molecule has 64 valence electrons. The molecular weight excluding hydrogens is 257 g/mol. The minimum absolute atomic E-state index is 0.377. The highest BCUT2D eigenvalue weighted by molar-refractivity contribution is 14.1. The van der Waals surface area contributed by atoms with Gasteiger partial charge in [0.25, 0.3) is 0 Å². The fourth-order valence-electron chi connectivity index (χ4n) is 1.39. The van der Waals surface area contributed by atoms with Crippen molar-refractivity contribution in [1.29, 1.82) is 0 Å². The van der Waals surface area contributed by atoms with Crippen LogP contribution in [0.2, 0.25) is 0 Å². The van der Waals surface area contributed by atoms with Gasteiger partial charge >= 0.3 is 0 Å². The van der Waals surface area contributed by atoms with E-state index in [2.05, 4.69) is 27.5 Å². The van der Waals surface area contributed by atoms with E-state index in [1.807, 2.05) is 0 Å². The molecule has 2 rings (SSSR count). The molecule has 2 aliphatic rings. The summed E-state index contributed by atoms with van der Waals surface area (Å²) in [6.07, 6.45) is 0. The van der Waals surface area contributed by atoms with Crippen LogP contribution in [0.5, 0.6) is 0 Å². The zero-order chi connectivity index (χ0) is 7.68. The first-order valence-corrected chi connectivity index (χ1v) is 5.18. The Labute approximate surface area is 80.2 Å². The normalized spacial score (nSPS) is 35.2. The molecule has 0 radical (unpaired) electrons. The molecule has 0 aromatic rings. The second-order valence-electron chi connectivity index (χ2n) is 2.97. The lowest BCUT2D eigenvalue weighted by molar-refractivity contribution is -0.0956. The molecule has 0 bridgehead atoms. The van der Waals surface area contributed by atoms with Gasteiger partial charge in [-0.3, -0.25) is 4.90 Å². The molecule has 0 amide bonds. The van der Waals surface area contributed by atoms with Gasteiger partial charge in [-0.1, -0.05) is 0 Å². The van der Waals surface area contributed by atoms with Crippen molar-refractivity contribution in [3.05, 3.63) is 0 Å². The number of hydrogen-bond donors (Lipinski definition) is 0. The van der Waals surface area contributed by atoms with Crippen LogP contribution in [-0.4, -0.2) is 48.0 Å². The lowest BCUT2D eigenvalue weighted by atomic mass is 10.2. The van der Waals surface area contributed by atoms with Gasteiger partial charge in [-0.05, 0) is 22.6 Å². The Kier molecular flexibility index (Phi) is 2.65. The van der Waals surface area contributed by atoms with Crippen molar-refractivity contribution in [2.75, 3.05) is 32.9 Å². The molecule has 2 heterocycles. The first-order chi connectivity index (χ1) is 5.36. The molecule has 1 atom stereocenters. The molecule has 0 aromatic carbocycles. The van der Waals surface area contributed by atoms with Crippen LogP contribution in [0.1, 0.15) is 0 Å². The van der Waals surface area contributed by atoms with E-state index in [0.717, 1.165) is 32.9 Å². The quantitative estimate of drug-likeness (QED) is 0.510. The van der Waals surface area contributed by atoms with Gasteiger partial charge in [0.05, 0.1) is 25.9 Å². The van der Waals surface area contributed by atoms with E-state index in [-0.39, 0.29) is 0 Å². The van der Waals surface area contributed by atoms with Crippen LogP contribution in [-0.2, 0) is 9.47 Å². The molecular formula is C7H12INO2. The van der Waals surface area contributed by atoms with Crippen molar-refractivity contribution in [2.45, 2.75) is 10.2 Å². The van der Waals surface area contributed by atoms with E-state index in [1.54, 1.807) is 0 Å². The largest absolute Gasteiger partial charge is 0.378 e. The highest BCUT2D eigenvalue weighted by Crippen LogP contribution is 2.17. The molecule has 4 heteroatoms. The standard InChI is InChI=1S/C7H12INO2/c8-7-3-9(1-2-11-7)6-4-10-5-6/h6-7H,1-5H2. The molecule has 0 spiro atoms. The highest BCUT2D eigenvalue weighted by Gasteiger charge is 2.29. The minimum Gasteiger partial charge on any atom is -0.378 e. The van der Waals surface area contributed by atoms with Crippen molar-refractivity contribution >= 4 is 22.6 Å². The summed E-state index contributed by atoms with van der Waals surface area (Å²) in [7, 11) is 0. The molecule has 3 nitrogen and oxygen atoms in total. The third-order valence-corrected chi connectivity index (χ3v) is 2.95. The molecule has 2 fully saturated rings. The summed E-state index contributed by atoms with van der Waals surface area (Å²) in [5.41, 5.74) is 0. The monoisotopic (exact) mass is 269 g/mol. The van der Waals surface area contributed by atoms with Gasteiger partial charge in [0.15, 0.2) is 0 Å². The van der Waals surface area contributed by atoms with E-state index < -0.39 is 0 Å². The van der Waals surface area contributed by atoms with Crippen LogP contribution in [0.3, 0.4) is 0 Å². The number of hydrogen-bond acceptors (Lipinski definition) is 3. The van der Waals surface area contributed by atoms with E-state index in [1.165, 1.54) is 0 Å². The predicted molar refractivity (Wildman–Crippen MR) is 49.9 cm³/mol. The third-order valence-electron chi connectivity index (χ3n) is 2.19. The van der Waals surface area contributed by atoms with Crippen molar-refractivity contribution in [2.24, 2.45) is 0 Å². The number of morpholine rings is 1. The fraction of sp³-hybridized carbons (Fsp3) is 1.00. The van der Waals surface area contributed by atoms with Crippen LogP contribution in [0.4, 0.5) is 0 Å². The molecule has 0 aromatic heterocycles. The fourth-order valence-corrected chi connectivity index (χ4v) is 2.15. The summed E-state index contributed by atoms with van der Waals surface area (Å²) in [6, 6.07) is 0.677. The molecule has 0 N–H and O–H groups in total. The van der Waals surface area contributed by atoms with Gasteiger partial charge in [0.2, 0.25) is 0 Å². The maximum Gasteiger partial charge on any atom is 0.121 e. The second kappa shape index (κ2) is 3.55. The van der Waals surface area contributed by atoms with Gasteiger partial charge in [-0.15, -0.1) is 0 Å². The van der Waals surface area contributed by atoms with Crippen LogP contribution >= 0.6 is 22.6 Å². The van der Waals surface area contributed by atoms with Crippen LogP contribution in [0.15, 0.2) is 0 Å². The number of rotatable bonds is 1. The van der Waals surface area contributed by atoms with Crippen molar-refractivity contribution in [3.63, 3.8) is 0 Å². The van der Waals surface area contributed by atoms with E-state index >= 15 is 0 Å². The van der Waals surface area contributed by atoms with Gasteiger partial charge in [0, 0.05) is 13.1 Å². The summed E-state index contributed by atoms with van der Waals surface area (Å²) in [5.74, 6) is 0. The Morgan fingerprint density at radius 1 is 1.36 bits per heavy atom. The molecule has 2 aliphatic heterocycles. The zero-order valence-corrected chi connectivity index (χ0v) is 8.49. The van der Waals surface area contributed by atoms with Gasteiger partial charge in [0.1, 0.15) is 4.11 Å². The molecule has 0 aliphatic carbocycles. The predicted octanol–water partition coefficient (Wildman–Crippen LogP) is 0.479. The lowest BCUT2D eigenvalue weighted by Gasteiger charge is -2.40. The van der Waals surface area contributed by atoms with E-state index in [4.69, 9.17) is 9.47 Å². The molecule has 11 heavy (non-hydrogen) atoms. The Balaban J connectivity index is 1.82. The third kappa shape index (κ3) is 1.85. The van der Waals surface area contributed by atoms with Crippen LogP contribution in [0, 0.1) is 0 Å². The number of ether oxygens (including phenoxy) is 2. The van der Waals surface area contributed by atoms with E-state index in [0.29, 0.717) is 10.2 Å². The average Bonchev–Trinajstić information content (AvgIpc) is 1.83. The van der Waals surface area contributed by atoms with E-state index in [9.17, 15) is 0 Å². The van der Waals surface area contributed by atoms with Gasteiger partial charge < -0.3 is 9.47 Å².